The van der Waals surface area contributed by atoms with E-state index in [4.69, 9.17) is 4.74 Å². The summed E-state index contributed by atoms with van der Waals surface area (Å²) in [6, 6.07) is 8.86. The molecule has 1 aliphatic heterocycles. The molecule has 0 bridgehead atoms. The lowest BCUT2D eigenvalue weighted by Gasteiger charge is -2.20. The summed E-state index contributed by atoms with van der Waals surface area (Å²) in [4.78, 5) is 2.55. The quantitative estimate of drug-likeness (QED) is 0.818. The molecule has 19 heavy (non-hydrogen) atoms. The zero-order valence-corrected chi connectivity index (χ0v) is 12.2. The van der Waals surface area contributed by atoms with Crippen molar-refractivity contribution in [1.29, 1.82) is 0 Å². The van der Waals surface area contributed by atoms with Crippen LogP contribution in [0, 0.1) is 0 Å². The van der Waals surface area contributed by atoms with Crippen LogP contribution in [0.1, 0.15) is 37.8 Å². The molecule has 1 heterocycles. The van der Waals surface area contributed by atoms with Gasteiger partial charge >= 0.3 is 0 Å². The molecule has 0 amide bonds. The molecule has 1 aromatic rings. The van der Waals surface area contributed by atoms with Crippen LogP contribution in [-0.4, -0.2) is 38.2 Å². The Bertz CT molecular complexity index is 358. The van der Waals surface area contributed by atoms with Crippen molar-refractivity contribution in [3.63, 3.8) is 0 Å². The first-order chi connectivity index (χ1) is 9.33. The Balaban J connectivity index is 1.80. The average molecular weight is 262 g/mol. The number of nitrogens with zero attached hydrogens (tertiary/aromatic N) is 1. The highest BCUT2D eigenvalue weighted by Crippen LogP contribution is 2.19. The molecule has 0 spiro atoms. The first-order valence-corrected chi connectivity index (χ1v) is 7.43. The lowest BCUT2D eigenvalue weighted by Crippen LogP contribution is -2.32. The molecule has 0 aliphatic carbocycles. The van der Waals surface area contributed by atoms with Gasteiger partial charge in [-0.05, 0) is 50.0 Å². The highest BCUT2D eigenvalue weighted by atomic mass is 16.5. The Kier molecular flexibility index (Phi) is 5.67. The fourth-order valence-electron chi connectivity index (χ4n) is 2.74. The summed E-state index contributed by atoms with van der Waals surface area (Å²) >= 11 is 0. The van der Waals surface area contributed by atoms with E-state index in [9.17, 15) is 0 Å². The minimum Gasteiger partial charge on any atom is -0.497 e. The summed E-state index contributed by atoms with van der Waals surface area (Å²) in [6.07, 6.45) is 3.86. The second kappa shape index (κ2) is 7.51. The average Bonchev–Trinajstić information content (AvgIpc) is 2.97. The number of ether oxygens (including phenoxy) is 1. The molecule has 1 saturated heterocycles. The van der Waals surface area contributed by atoms with Crippen LogP contribution in [0.4, 0.5) is 0 Å². The molecule has 1 aromatic carbocycles. The molecule has 1 atom stereocenters. The zero-order chi connectivity index (χ0) is 13.5. The van der Waals surface area contributed by atoms with E-state index in [-0.39, 0.29) is 0 Å². The molecule has 1 aliphatic rings. The second-order valence-corrected chi connectivity index (χ2v) is 5.24. The van der Waals surface area contributed by atoms with Crippen LogP contribution in [-0.2, 0) is 0 Å². The van der Waals surface area contributed by atoms with Crippen LogP contribution in [0.3, 0.4) is 0 Å². The van der Waals surface area contributed by atoms with E-state index in [1.165, 1.54) is 38.0 Å². The fraction of sp³-hybridized carbons (Fsp3) is 0.625. The van der Waals surface area contributed by atoms with Gasteiger partial charge in [-0.1, -0.05) is 19.1 Å². The van der Waals surface area contributed by atoms with Crippen LogP contribution in [0.2, 0.25) is 0 Å². The zero-order valence-electron chi connectivity index (χ0n) is 12.2. The molecule has 0 aromatic heterocycles. The number of benzene rings is 1. The Labute approximate surface area is 116 Å². The predicted octanol–water partition coefficient (Wildman–Crippen LogP) is 2.83. The largest absolute Gasteiger partial charge is 0.497 e. The van der Waals surface area contributed by atoms with Gasteiger partial charge in [0.15, 0.2) is 0 Å². The highest BCUT2D eigenvalue weighted by Gasteiger charge is 2.12. The van der Waals surface area contributed by atoms with Crippen molar-refractivity contribution in [1.82, 2.24) is 10.2 Å². The van der Waals surface area contributed by atoms with Crippen LogP contribution < -0.4 is 10.1 Å². The minimum absolute atomic E-state index is 0.452. The Morgan fingerprint density at radius 2 is 1.89 bits per heavy atom. The third-order valence-corrected chi connectivity index (χ3v) is 3.94. The van der Waals surface area contributed by atoms with Crippen LogP contribution in [0.15, 0.2) is 24.3 Å². The van der Waals surface area contributed by atoms with Gasteiger partial charge in [-0.3, -0.25) is 0 Å². The van der Waals surface area contributed by atoms with Gasteiger partial charge in [-0.15, -0.1) is 0 Å². The molecular weight excluding hydrogens is 236 g/mol. The van der Waals surface area contributed by atoms with Crippen LogP contribution >= 0.6 is 0 Å². The number of likely N-dealkylation sites (tertiary alicyclic amines) is 1. The molecular formula is C16H26N2O. The first-order valence-electron chi connectivity index (χ1n) is 7.43. The SMILES string of the molecule is CCC(NCCN1CCCC1)c1ccc(OC)cc1. The number of hydrogen-bond donors (Lipinski definition) is 1. The second-order valence-electron chi connectivity index (χ2n) is 5.24. The van der Waals surface area contributed by atoms with E-state index >= 15 is 0 Å². The molecule has 0 radical (unpaired) electrons. The number of rotatable bonds is 7. The van der Waals surface area contributed by atoms with Crippen molar-refractivity contribution in [2.24, 2.45) is 0 Å². The normalized spacial score (nSPS) is 17.6. The lowest BCUT2D eigenvalue weighted by atomic mass is 10.0. The topological polar surface area (TPSA) is 24.5 Å². The Morgan fingerprint density at radius 3 is 2.47 bits per heavy atom. The maximum atomic E-state index is 5.20. The van der Waals surface area contributed by atoms with Crippen molar-refractivity contribution in [2.75, 3.05) is 33.3 Å². The van der Waals surface area contributed by atoms with Gasteiger partial charge in [0.2, 0.25) is 0 Å². The summed E-state index contributed by atoms with van der Waals surface area (Å²) in [7, 11) is 1.71. The highest BCUT2D eigenvalue weighted by molar-refractivity contribution is 5.29. The van der Waals surface area contributed by atoms with Gasteiger partial charge < -0.3 is 15.0 Å². The lowest BCUT2D eigenvalue weighted by molar-refractivity contribution is 0.326. The maximum absolute atomic E-state index is 5.20. The predicted molar refractivity (Wildman–Crippen MR) is 79.7 cm³/mol. The van der Waals surface area contributed by atoms with Gasteiger partial charge in [0.1, 0.15) is 5.75 Å². The minimum atomic E-state index is 0.452. The van der Waals surface area contributed by atoms with E-state index in [0.29, 0.717) is 6.04 Å². The summed E-state index contributed by atoms with van der Waals surface area (Å²) in [5.41, 5.74) is 1.35. The maximum Gasteiger partial charge on any atom is 0.118 e. The van der Waals surface area contributed by atoms with E-state index in [2.05, 4.69) is 29.3 Å². The molecule has 3 nitrogen and oxygen atoms in total. The van der Waals surface area contributed by atoms with Gasteiger partial charge in [-0.25, -0.2) is 0 Å². The molecule has 3 heteroatoms. The van der Waals surface area contributed by atoms with Gasteiger partial charge in [0.25, 0.3) is 0 Å². The summed E-state index contributed by atoms with van der Waals surface area (Å²) < 4.78 is 5.20. The van der Waals surface area contributed by atoms with E-state index in [1.807, 2.05) is 12.1 Å². The van der Waals surface area contributed by atoms with Gasteiger partial charge in [0, 0.05) is 19.1 Å². The Morgan fingerprint density at radius 1 is 1.21 bits per heavy atom. The smallest absolute Gasteiger partial charge is 0.118 e. The number of nitrogens with one attached hydrogen (secondary N) is 1. The van der Waals surface area contributed by atoms with Crippen molar-refractivity contribution in [2.45, 2.75) is 32.2 Å². The Hall–Kier alpha value is -1.06. The third-order valence-electron chi connectivity index (χ3n) is 3.94. The molecule has 2 rings (SSSR count). The van der Waals surface area contributed by atoms with Gasteiger partial charge in [-0.2, -0.15) is 0 Å². The molecule has 0 saturated carbocycles. The van der Waals surface area contributed by atoms with E-state index < -0.39 is 0 Å². The number of hydrogen-bond acceptors (Lipinski definition) is 3. The summed E-state index contributed by atoms with van der Waals surface area (Å²) in [5.74, 6) is 0.927. The molecule has 1 unspecified atom stereocenters. The fourth-order valence-corrected chi connectivity index (χ4v) is 2.74. The van der Waals surface area contributed by atoms with Gasteiger partial charge in [0.05, 0.1) is 7.11 Å². The van der Waals surface area contributed by atoms with Crippen LogP contribution in [0.25, 0.3) is 0 Å². The van der Waals surface area contributed by atoms with Crippen molar-refractivity contribution >= 4 is 0 Å². The van der Waals surface area contributed by atoms with E-state index in [0.717, 1.165) is 18.7 Å². The van der Waals surface area contributed by atoms with E-state index in [1.54, 1.807) is 7.11 Å². The van der Waals surface area contributed by atoms with Crippen LogP contribution in [0.5, 0.6) is 5.75 Å². The summed E-state index contributed by atoms with van der Waals surface area (Å²) in [5, 5.41) is 3.67. The standard InChI is InChI=1S/C16H26N2O/c1-3-16(14-6-8-15(19-2)9-7-14)17-10-13-18-11-4-5-12-18/h6-9,16-17H,3-5,10-13H2,1-2H3. The molecule has 1 N–H and O–H groups in total. The monoisotopic (exact) mass is 262 g/mol. The first kappa shape index (κ1) is 14.4. The summed E-state index contributed by atoms with van der Waals surface area (Å²) in [6.45, 7) is 7.04. The number of methoxy groups -OCH3 is 1. The molecule has 1 fully saturated rings. The van der Waals surface area contributed by atoms with Crippen molar-refractivity contribution in [3.8, 4) is 5.75 Å². The van der Waals surface area contributed by atoms with Crippen molar-refractivity contribution < 1.29 is 4.74 Å². The molecule has 106 valence electrons. The van der Waals surface area contributed by atoms with Crippen molar-refractivity contribution in [3.05, 3.63) is 29.8 Å². The third kappa shape index (κ3) is 4.22.